The molecule has 1 heterocycles. The zero-order valence-electron chi connectivity index (χ0n) is 12.9. The molecule has 2 atom stereocenters. The minimum Gasteiger partial charge on any atom is -0.354 e. The molecule has 6 heteroatoms. The van der Waals surface area contributed by atoms with Gasteiger partial charge in [0, 0.05) is 23.6 Å². The Bertz CT molecular complexity index is 550. The molecule has 120 valence electrons. The molecule has 22 heavy (non-hydrogen) atoms. The number of para-hydroxylation sites is 1. The van der Waals surface area contributed by atoms with E-state index in [-0.39, 0.29) is 17.9 Å². The van der Waals surface area contributed by atoms with Crippen molar-refractivity contribution in [3.8, 4) is 0 Å². The van der Waals surface area contributed by atoms with Gasteiger partial charge in [-0.3, -0.25) is 9.59 Å². The third kappa shape index (κ3) is 3.87. The Hall–Kier alpha value is -1.40. The van der Waals surface area contributed by atoms with E-state index in [0.29, 0.717) is 19.5 Å². The minimum absolute atomic E-state index is 0.125. The third-order valence-electron chi connectivity index (χ3n) is 3.80. The summed E-state index contributed by atoms with van der Waals surface area (Å²) in [7, 11) is 0. The van der Waals surface area contributed by atoms with Crippen molar-refractivity contribution in [2.45, 2.75) is 26.3 Å². The Morgan fingerprint density at radius 2 is 2.18 bits per heavy atom. The molecule has 1 fully saturated rings. The molecule has 1 aliphatic heterocycles. The maximum Gasteiger partial charge on any atom is 0.239 e. The Balaban J connectivity index is 1.96. The summed E-state index contributed by atoms with van der Waals surface area (Å²) in [4.78, 5) is 26.4. The summed E-state index contributed by atoms with van der Waals surface area (Å²) in [6.07, 6.45) is 0.557. The first-order valence-corrected chi connectivity index (χ1v) is 8.41. The summed E-state index contributed by atoms with van der Waals surface area (Å²) in [5, 5.41) is 6.09. The maximum atomic E-state index is 12.5. The first kappa shape index (κ1) is 17.0. The minimum atomic E-state index is -0.582. The van der Waals surface area contributed by atoms with Gasteiger partial charge in [-0.2, -0.15) is 0 Å². The Kier molecular flexibility index (Phi) is 5.97. The summed E-state index contributed by atoms with van der Waals surface area (Å²) in [5.74, 6) is -0.884. The van der Waals surface area contributed by atoms with E-state index in [9.17, 15) is 9.59 Å². The smallest absolute Gasteiger partial charge is 0.239 e. The van der Waals surface area contributed by atoms with Crippen molar-refractivity contribution in [3.63, 3.8) is 0 Å². The molecule has 1 aliphatic rings. The number of carbonyl (C=O) groups excluding carboxylic acids is 2. The second-order valence-electron chi connectivity index (χ2n) is 5.49. The number of carbonyl (C=O) groups is 2. The van der Waals surface area contributed by atoms with Crippen molar-refractivity contribution in [1.29, 1.82) is 0 Å². The van der Waals surface area contributed by atoms with Crippen molar-refractivity contribution >= 4 is 33.4 Å². The number of hydrogen-bond acceptors (Lipinski definition) is 3. The standard InChI is InChI=1S/C16H22BrN3O2/c1-3-18-11(2)10-19-15(21)12-8-9-20(16(12)22)14-7-5-4-6-13(14)17/h4-7,11-12,18H,3,8-10H2,1-2H3,(H,19,21)/t11-,12?/m1/s1. The molecule has 2 amide bonds. The van der Waals surface area contributed by atoms with E-state index < -0.39 is 5.92 Å². The van der Waals surface area contributed by atoms with Gasteiger partial charge in [0.25, 0.3) is 0 Å². The van der Waals surface area contributed by atoms with Crippen LogP contribution in [0.25, 0.3) is 0 Å². The van der Waals surface area contributed by atoms with Crippen molar-refractivity contribution in [2.24, 2.45) is 5.92 Å². The summed E-state index contributed by atoms with van der Waals surface area (Å²) >= 11 is 3.46. The molecular formula is C16H22BrN3O2. The highest BCUT2D eigenvalue weighted by atomic mass is 79.9. The molecule has 0 aromatic heterocycles. The Morgan fingerprint density at radius 3 is 2.86 bits per heavy atom. The van der Waals surface area contributed by atoms with Gasteiger partial charge in [-0.1, -0.05) is 19.1 Å². The molecule has 0 saturated carbocycles. The summed E-state index contributed by atoms with van der Waals surface area (Å²) in [5.41, 5.74) is 0.823. The fourth-order valence-corrected chi connectivity index (χ4v) is 3.13. The lowest BCUT2D eigenvalue weighted by molar-refractivity contribution is -0.132. The lowest BCUT2D eigenvalue weighted by Crippen LogP contribution is -2.43. The van der Waals surface area contributed by atoms with Crippen LogP contribution in [0.1, 0.15) is 20.3 Å². The van der Waals surface area contributed by atoms with E-state index in [1.807, 2.05) is 38.1 Å². The highest BCUT2D eigenvalue weighted by Gasteiger charge is 2.38. The Labute approximate surface area is 139 Å². The number of anilines is 1. The van der Waals surface area contributed by atoms with Crippen LogP contribution in [0, 0.1) is 5.92 Å². The second kappa shape index (κ2) is 7.74. The second-order valence-corrected chi connectivity index (χ2v) is 6.34. The molecule has 2 rings (SSSR count). The first-order valence-electron chi connectivity index (χ1n) is 7.61. The lowest BCUT2D eigenvalue weighted by Gasteiger charge is -2.19. The zero-order chi connectivity index (χ0) is 16.1. The van der Waals surface area contributed by atoms with Crippen molar-refractivity contribution in [1.82, 2.24) is 10.6 Å². The van der Waals surface area contributed by atoms with E-state index in [1.165, 1.54) is 0 Å². The normalized spacial score (nSPS) is 19.3. The molecule has 5 nitrogen and oxygen atoms in total. The van der Waals surface area contributed by atoms with Crippen LogP contribution in [0.5, 0.6) is 0 Å². The highest BCUT2D eigenvalue weighted by Crippen LogP contribution is 2.31. The monoisotopic (exact) mass is 367 g/mol. The van der Waals surface area contributed by atoms with Crippen LogP contribution in [0.15, 0.2) is 28.7 Å². The quantitative estimate of drug-likeness (QED) is 0.755. The van der Waals surface area contributed by atoms with Gasteiger partial charge in [0.2, 0.25) is 11.8 Å². The number of nitrogens with one attached hydrogen (secondary N) is 2. The van der Waals surface area contributed by atoms with Gasteiger partial charge in [-0.15, -0.1) is 0 Å². The molecule has 1 aromatic rings. The van der Waals surface area contributed by atoms with Crippen LogP contribution in [-0.2, 0) is 9.59 Å². The fourth-order valence-electron chi connectivity index (χ4n) is 2.63. The number of nitrogens with zero attached hydrogens (tertiary/aromatic N) is 1. The first-order chi connectivity index (χ1) is 10.5. The largest absolute Gasteiger partial charge is 0.354 e. The molecule has 0 radical (unpaired) electrons. The van der Waals surface area contributed by atoms with E-state index in [0.717, 1.165) is 16.7 Å². The molecule has 1 unspecified atom stereocenters. The SMILES string of the molecule is CCN[C@H](C)CNC(=O)C1CCN(c2ccccc2Br)C1=O. The predicted molar refractivity (Wildman–Crippen MR) is 90.8 cm³/mol. The molecule has 0 spiro atoms. The molecular weight excluding hydrogens is 346 g/mol. The van der Waals surface area contributed by atoms with Crippen molar-refractivity contribution in [3.05, 3.63) is 28.7 Å². The molecule has 0 bridgehead atoms. The van der Waals surface area contributed by atoms with E-state index in [2.05, 4.69) is 26.6 Å². The van der Waals surface area contributed by atoms with E-state index >= 15 is 0 Å². The van der Waals surface area contributed by atoms with Crippen LogP contribution in [-0.4, -0.2) is 37.5 Å². The van der Waals surface area contributed by atoms with Crippen LogP contribution in [0.2, 0.25) is 0 Å². The zero-order valence-corrected chi connectivity index (χ0v) is 14.5. The molecule has 1 saturated heterocycles. The van der Waals surface area contributed by atoms with Crippen molar-refractivity contribution in [2.75, 3.05) is 24.5 Å². The van der Waals surface area contributed by atoms with Crippen molar-refractivity contribution < 1.29 is 9.59 Å². The Morgan fingerprint density at radius 1 is 1.45 bits per heavy atom. The predicted octanol–water partition coefficient (Wildman–Crippen LogP) is 1.92. The third-order valence-corrected chi connectivity index (χ3v) is 4.47. The average molecular weight is 368 g/mol. The molecule has 2 N–H and O–H groups in total. The van der Waals surface area contributed by atoms with E-state index in [4.69, 9.17) is 0 Å². The topological polar surface area (TPSA) is 61.4 Å². The number of benzene rings is 1. The number of hydrogen-bond donors (Lipinski definition) is 2. The number of amides is 2. The van der Waals surface area contributed by atoms with Crippen LogP contribution in [0.4, 0.5) is 5.69 Å². The van der Waals surface area contributed by atoms with Gasteiger partial charge in [0.1, 0.15) is 5.92 Å². The maximum absolute atomic E-state index is 12.5. The lowest BCUT2D eigenvalue weighted by atomic mass is 10.1. The van der Waals surface area contributed by atoms with Crippen LogP contribution in [0.3, 0.4) is 0 Å². The fraction of sp³-hybridized carbons (Fsp3) is 0.500. The van der Waals surface area contributed by atoms with Crippen LogP contribution >= 0.6 is 15.9 Å². The van der Waals surface area contributed by atoms with Gasteiger partial charge in [0.05, 0.1) is 5.69 Å². The molecule has 0 aliphatic carbocycles. The van der Waals surface area contributed by atoms with Gasteiger partial charge in [-0.05, 0) is 48.0 Å². The summed E-state index contributed by atoms with van der Waals surface area (Å²) < 4.78 is 0.866. The van der Waals surface area contributed by atoms with Crippen LogP contribution < -0.4 is 15.5 Å². The summed E-state index contributed by atoms with van der Waals surface area (Å²) in [6, 6.07) is 7.77. The number of likely N-dealkylation sites (N-methyl/N-ethyl adjacent to an activating group) is 1. The molecule has 1 aromatic carbocycles. The number of rotatable bonds is 6. The van der Waals surface area contributed by atoms with Gasteiger partial charge in [-0.25, -0.2) is 0 Å². The van der Waals surface area contributed by atoms with Gasteiger partial charge in [0.15, 0.2) is 0 Å². The van der Waals surface area contributed by atoms with Gasteiger partial charge < -0.3 is 15.5 Å². The number of halogens is 1. The summed E-state index contributed by atoms with van der Waals surface area (Å²) in [6.45, 7) is 5.99. The van der Waals surface area contributed by atoms with E-state index in [1.54, 1.807) is 4.90 Å². The van der Waals surface area contributed by atoms with Gasteiger partial charge >= 0.3 is 0 Å². The average Bonchev–Trinajstić information content (AvgIpc) is 2.87. The highest BCUT2D eigenvalue weighted by molar-refractivity contribution is 9.10.